The molecule has 1 N–H and O–H groups in total. The van der Waals surface area contributed by atoms with Gasteiger partial charge in [-0.1, -0.05) is 42.5 Å². The molecule has 1 atom stereocenters. The topological polar surface area (TPSA) is 56.1 Å². The number of nitrogens with zero attached hydrogens (tertiary/aromatic N) is 2. The van der Waals surface area contributed by atoms with E-state index in [0.29, 0.717) is 18.5 Å². The van der Waals surface area contributed by atoms with Crippen LogP contribution in [0, 0.1) is 0 Å². The van der Waals surface area contributed by atoms with Gasteiger partial charge in [0.1, 0.15) is 5.82 Å². The van der Waals surface area contributed by atoms with Gasteiger partial charge in [-0.2, -0.15) is 0 Å². The number of methoxy groups -OCH3 is 1. The molecule has 0 aliphatic carbocycles. The first kappa shape index (κ1) is 18.3. The molecule has 0 aliphatic heterocycles. The number of hydrogen-bond acceptors (Lipinski definition) is 4. The summed E-state index contributed by atoms with van der Waals surface area (Å²) in [4.78, 5) is 17.7. The standard InChI is InChI=1S/C21H25N3O2/c1-16(22-13-12-17-8-4-3-5-9-17)20-23-19-11-7-6-10-18(19)21(25)24(20)14-15-26-2/h3-11,16,22H,12-15H2,1-2H3/t16-/m0/s1. The molecule has 26 heavy (non-hydrogen) atoms. The van der Waals surface area contributed by atoms with Gasteiger partial charge in [-0.25, -0.2) is 4.98 Å². The maximum atomic E-state index is 12.9. The number of nitrogens with one attached hydrogen (secondary N) is 1. The smallest absolute Gasteiger partial charge is 0.261 e. The van der Waals surface area contributed by atoms with Gasteiger partial charge >= 0.3 is 0 Å². The molecule has 0 amide bonds. The largest absolute Gasteiger partial charge is 0.383 e. The van der Waals surface area contributed by atoms with Crippen LogP contribution < -0.4 is 10.9 Å². The summed E-state index contributed by atoms with van der Waals surface area (Å²) in [6.45, 7) is 3.83. The second-order valence-electron chi connectivity index (χ2n) is 6.35. The van der Waals surface area contributed by atoms with Crippen molar-refractivity contribution in [2.45, 2.75) is 25.9 Å². The lowest BCUT2D eigenvalue weighted by Crippen LogP contribution is -2.32. The van der Waals surface area contributed by atoms with Gasteiger partial charge in [0.25, 0.3) is 5.56 Å². The summed E-state index contributed by atoms with van der Waals surface area (Å²) >= 11 is 0. The van der Waals surface area contributed by atoms with Gasteiger partial charge in [-0.05, 0) is 37.6 Å². The molecule has 0 bridgehead atoms. The van der Waals surface area contributed by atoms with Crippen LogP contribution >= 0.6 is 0 Å². The Morgan fingerprint density at radius 1 is 1.12 bits per heavy atom. The SMILES string of the molecule is COCCn1c([C@H](C)NCCc2ccccc2)nc2ccccc2c1=O. The van der Waals surface area contributed by atoms with Crippen LogP contribution in [-0.2, 0) is 17.7 Å². The predicted octanol–water partition coefficient (Wildman–Crippen LogP) is 2.94. The zero-order chi connectivity index (χ0) is 18.4. The van der Waals surface area contributed by atoms with Gasteiger partial charge in [0.2, 0.25) is 0 Å². The second kappa shape index (κ2) is 8.74. The summed E-state index contributed by atoms with van der Waals surface area (Å²) in [5, 5.41) is 4.14. The Bertz CT molecular complexity index is 906. The fourth-order valence-corrected chi connectivity index (χ4v) is 3.08. The van der Waals surface area contributed by atoms with Gasteiger partial charge < -0.3 is 10.1 Å². The summed E-state index contributed by atoms with van der Waals surface area (Å²) < 4.78 is 6.91. The predicted molar refractivity (Wildman–Crippen MR) is 104 cm³/mol. The Hall–Kier alpha value is -2.50. The van der Waals surface area contributed by atoms with Crippen LogP contribution in [-0.4, -0.2) is 29.8 Å². The van der Waals surface area contributed by atoms with Crippen molar-refractivity contribution in [2.75, 3.05) is 20.3 Å². The van der Waals surface area contributed by atoms with Crippen LogP contribution in [0.25, 0.3) is 10.9 Å². The molecule has 5 heteroatoms. The molecular formula is C21H25N3O2. The van der Waals surface area contributed by atoms with E-state index >= 15 is 0 Å². The number of ether oxygens (including phenoxy) is 1. The zero-order valence-corrected chi connectivity index (χ0v) is 15.3. The van der Waals surface area contributed by atoms with Gasteiger partial charge in [-0.15, -0.1) is 0 Å². The van der Waals surface area contributed by atoms with E-state index in [-0.39, 0.29) is 11.6 Å². The molecule has 1 aromatic heterocycles. The van der Waals surface area contributed by atoms with Crippen LogP contribution in [0.2, 0.25) is 0 Å². The molecule has 0 unspecified atom stereocenters. The fourth-order valence-electron chi connectivity index (χ4n) is 3.08. The molecule has 3 aromatic rings. The fraction of sp³-hybridized carbons (Fsp3) is 0.333. The number of aromatic nitrogens is 2. The van der Waals surface area contributed by atoms with Crippen molar-refractivity contribution in [1.82, 2.24) is 14.9 Å². The van der Waals surface area contributed by atoms with Crippen LogP contribution in [0.1, 0.15) is 24.4 Å². The third-order valence-electron chi connectivity index (χ3n) is 4.50. The molecule has 0 spiro atoms. The molecule has 5 nitrogen and oxygen atoms in total. The van der Waals surface area contributed by atoms with Crippen molar-refractivity contribution in [1.29, 1.82) is 0 Å². The summed E-state index contributed by atoms with van der Waals surface area (Å²) in [6, 6.07) is 17.8. The summed E-state index contributed by atoms with van der Waals surface area (Å²) in [5.41, 5.74) is 2.01. The van der Waals surface area contributed by atoms with Crippen molar-refractivity contribution in [3.8, 4) is 0 Å². The average Bonchev–Trinajstić information content (AvgIpc) is 2.68. The highest BCUT2D eigenvalue weighted by atomic mass is 16.5. The quantitative estimate of drug-likeness (QED) is 0.678. The average molecular weight is 351 g/mol. The maximum Gasteiger partial charge on any atom is 0.261 e. The normalized spacial score (nSPS) is 12.4. The van der Waals surface area contributed by atoms with Crippen LogP contribution in [0.5, 0.6) is 0 Å². The first-order valence-electron chi connectivity index (χ1n) is 8.96. The Morgan fingerprint density at radius 3 is 2.62 bits per heavy atom. The maximum absolute atomic E-state index is 12.9. The van der Waals surface area contributed by atoms with Gasteiger partial charge in [-0.3, -0.25) is 9.36 Å². The van der Waals surface area contributed by atoms with Crippen molar-refractivity contribution >= 4 is 10.9 Å². The summed E-state index contributed by atoms with van der Waals surface area (Å²) in [6.07, 6.45) is 0.932. The Kier molecular flexibility index (Phi) is 6.15. The second-order valence-corrected chi connectivity index (χ2v) is 6.35. The number of rotatable bonds is 8. The highest BCUT2D eigenvalue weighted by Crippen LogP contribution is 2.14. The van der Waals surface area contributed by atoms with E-state index in [1.54, 1.807) is 11.7 Å². The van der Waals surface area contributed by atoms with Crippen LogP contribution in [0.15, 0.2) is 59.4 Å². The van der Waals surface area contributed by atoms with Crippen molar-refractivity contribution in [3.05, 3.63) is 76.3 Å². The van der Waals surface area contributed by atoms with Crippen molar-refractivity contribution in [3.63, 3.8) is 0 Å². The molecule has 1 heterocycles. The van der Waals surface area contributed by atoms with E-state index in [4.69, 9.17) is 9.72 Å². The third kappa shape index (κ3) is 4.18. The van der Waals surface area contributed by atoms with E-state index < -0.39 is 0 Å². The molecule has 2 aromatic carbocycles. The minimum Gasteiger partial charge on any atom is -0.383 e. The summed E-state index contributed by atoms with van der Waals surface area (Å²) in [7, 11) is 1.64. The lowest BCUT2D eigenvalue weighted by atomic mass is 10.1. The molecular weight excluding hydrogens is 326 g/mol. The van der Waals surface area contributed by atoms with Crippen LogP contribution in [0.4, 0.5) is 0 Å². The van der Waals surface area contributed by atoms with E-state index in [9.17, 15) is 4.79 Å². The Morgan fingerprint density at radius 2 is 1.85 bits per heavy atom. The van der Waals surface area contributed by atoms with Crippen molar-refractivity contribution < 1.29 is 4.74 Å². The van der Waals surface area contributed by atoms with Gasteiger partial charge in [0, 0.05) is 7.11 Å². The lowest BCUT2D eigenvalue weighted by molar-refractivity contribution is 0.184. The Balaban J connectivity index is 1.83. The number of fused-ring (bicyclic) bond motifs is 1. The van der Waals surface area contributed by atoms with Gasteiger partial charge in [0.15, 0.2) is 0 Å². The monoisotopic (exact) mass is 351 g/mol. The molecule has 136 valence electrons. The molecule has 0 aliphatic rings. The number of benzene rings is 2. The molecule has 0 radical (unpaired) electrons. The molecule has 0 fully saturated rings. The highest BCUT2D eigenvalue weighted by molar-refractivity contribution is 5.77. The third-order valence-corrected chi connectivity index (χ3v) is 4.50. The van der Waals surface area contributed by atoms with E-state index in [1.165, 1.54) is 5.56 Å². The molecule has 0 saturated carbocycles. The minimum atomic E-state index is -0.0344. The zero-order valence-electron chi connectivity index (χ0n) is 15.3. The lowest BCUT2D eigenvalue weighted by Gasteiger charge is -2.19. The van der Waals surface area contributed by atoms with Crippen molar-refractivity contribution in [2.24, 2.45) is 0 Å². The van der Waals surface area contributed by atoms with Crippen LogP contribution in [0.3, 0.4) is 0 Å². The summed E-state index contributed by atoms with van der Waals surface area (Å²) in [5.74, 6) is 0.749. The first-order valence-corrected chi connectivity index (χ1v) is 8.96. The molecule has 3 rings (SSSR count). The number of hydrogen-bond donors (Lipinski definition) is 1. The van der Waals surface area contributed by atoms with E-state index in [2.05, 4.69) is 17.4 Å². The minimum absolute atomic E-state index is 0.0145. The highest BCUT2D eigenvalue weighted by Gasteiger charge is 2.16. The first-order chi connectivity index (χ1) is 12.7. The van der Waals surface area contributed by atoms with E-state index in [1.807, 2.05) is 49.4 Å². The van der Waals surface area contributed by atoms with Gasteiger partial charge in [0.05, 0.1) is 30.1 Å². The van der Waals surface area contributed by atoms with E-state index in [0.717, 1.165) is 24.3 Å². The Labute approximate surface area is 153 Å². The number of para-hydroxylation sites is 1. The molecule has 0 saturated heterocycles.